The van der Waals surface area contributed by atoms with Gasteiger partial charge in [-0.1, -0.05) is 24.3 Å². The molecule has 12 heteroatoms. The molecule has 5 N–H and O–H groups in total. The zero-order chi connectivity index (χ0) is 34.7. The summed E-state index contributed by atoms with van der Waals surface area (Å²) in [6.45, 7) is 0.846. The van der Waals surface area contributed by atoms with Gasteiger partial charge in [-0.05, 0) is 85.4 Å². The summed E-state index contributed by atoms with van der Waals surface area (Å²) in [5.41, 5.74) is 5.82. The number of hydrogen-bond acceptors (Lipinski definition) is 10. The Morgan fingerprint density at radius 1 is 1.02 bits per heavy atom. The monoisotopic (exact) mass is 657 g/mol. The number of phenolic OH excluding ortho intramolecular Hbond substituents is 1. The average Bonchev–Trinajstić information content (AvgIpc) is 3.02. The van der Waals surface area contributed by atoms with E-state index in [9.17, 15) is 38.6 Å². The number of Topliss-reactive ketones (excluding diaryl/α,β-unsaturated/α-hetero) is 4. The van der Waals surface area contributed by atoms with E-state index in [1.54, 1.807) is 18.2 Å². The van der Waals surface area contributed by atoms with Crippen LogP contribution in [0.2, 0.25) is 0 Å². The van der Waals surface area contributed by atoms with Crippen LogP contribution >= 0.6 is 0 Å². The van der Waals surface area contributed by atoms with Gasteiger partial charge in [0, 0.05) is 24.6 Å². The zero-order valence-corrected chi connectivity index (χ0v) is 26.7. The minimum Gasteiger partial charge on any atom is -0.507 e. The first-order valence-corrected chi connectivity index (χ1v) is 15.6. The lowest BCUT2D eigenvalue weighted by Crippen LogP contribution is -2.74. The van der Waals surface area contributed by atoms with E-state index in [4.69, 9.17) is 10.5 Å². The number of hydrogen-bond donors (Lipinski definition) is 4. The molecule has 2 fully saturated rings. The highest BCUT2D eigenvalue weighted by Gasteiger charge is 2.69. The Kier molecular flexibility index (Phi) is 8.52. The molecule has 0 radical (unpaired) electrons. The number of carbonyl (C=O) groups excluding carboxylic acids is 5. The van der Waals surface area contributed by atoms with E-state index in [-0.39, 0.29) is 30.0 Å². The van der Waals surface area contributed by atoms with E-state index in [0.29, 0.717) is 35.5 Å². The van der Waals surface area contributed by atoms with Gasteiger partial charge in [-0.15, -0.1) is 0 Å². The molecule has 0 spiro atoms. The number of halogens is 1. The minimum atomic E-state index is -2.79. The molecule has 0 aromatic heterocycles. The molecular weight excluding hydrogens is 621 g/mol. The number of amides is 1. The molecule has 0 heterocycles. The Morgan fingerprint density at radius 3 is 2.38 bits per heavy atom. The summed E-state index contributed by atoms with van der Waals surface area (Å²) >= 11 is 0. The Labute approximate surface area is 275 Å². The van der Waals surface area contributed by atoms with Gasteiger partial charge in [-0.2, -0.15) is 0 Å². The number of nitrogens with two attached hydrogens (primary N) is 1. The second kappa shape index (κ2) is 12.3. The quantitative estimate of drug-likeness (QED) is 0.262. The summed E-state index contributed by atoms with van der Waals surface area (Å²) < 4.78 is 19.3. The fraction of sp³-hybridized carbons (Fsp3) is 0.361. The van der Waals surface area contributed by atoms with Crippen molar-refractivity contribution >= 4 is 29.0 Å². The molecule has 0 aliphatic heterocycles. The van der Waals surface area contributed by atoms with Crippen molar-refractivity contribution < 1.29 is 43.3 Å². The highest BCUT2D eigenvalue weighted by Crippen LogP contribution is 2.52. The molecular formula is C36H36FN3O8. The van der Waals surface area contributed by atoms with Crippen molar-refractivity contribution in [2.45, 2.75) is 37.6 Å². The molecule has 3 aliphatic rings. The van der Waals surface area contributed by atoms with E-state index in [1.165, 1.54) is 44.3 Å². The van der Waals surface area contributed by atoms with E-state index >= 15 is 0 Å². The van der Waals surface area contributed by atoms with Crippen molar-refractivity contribution in [3.63, 3.8) is 0 Å². The molecule has 6 atom stereocenters. The number of carbonyl (C=O) groups is 5. The predicted octanol–water partition coefficient (Wildman–Crippen LogP) is 1.97. The fourth-order valence-corrected chi connectivity index (χ4v) is 7.93. The Bertz CT molecular complexity index is 1880. The molecule has 2 saturated carbocycles. The van der Waals surface area contributed by atoms with Crippen LogP contribution in [-0.4, -0.2) is 77.0 Å². The third-order valence-electron chi connectivity index (χ3n) is 10.0. The van der Waals surface area contributed by atoms with Crippen LogP contribution in [0.5, 0.6) is 11.5 Å². The average molecular weight is 658 g/mol. The number of likely N-dealkylation sites (N-methyl/N-ethyl adjacent to an activating group) is 1. The summed E-state index contributed by atoms with van der Waals surface area (Å²) in [5, 5.41) is 26.1. The molecule has 3 aromatic carbocycles. The molecule has 3 aromatic rings. The molecule has 3 unspecified atom stereocenters. The second-order valence-corrected chi connectivity index (χ2v) is 13.0. The topological polar surface area (TPSA) is 176 Å². The number of nitrogens with one attached hydrogen (secondary N) is 1. The van der Waals surface area contributed by atoms with Crippen molar-refractivity contribution in [1.82, 2.24) is 10.2 Å². The summed E-state index contributed by atoms with van der Waals surface area (Å²) in [6, 6.07) is 13.6. The number of nitrogens with zero attached hydrogens (tertiary/aromatic N) is 1. The highest BCUT2D eigenvalue weighted by molar-refractivity contribution is 6.32. The Balaban J connectivity index is 1.39. The standard InChI is InChI=1S/C36H36FN3O8/c1-40(2)30-24-14-19-13-23-21(22-12-18(7-10-26(22)48-3)16-39-15-17-5-4-6-20(37)11-17)8-9-25(41)28(23)31(42)27(19)33(44)36(24,47)34(45)29(32(30)43)35(38)46/h4-12,19,24,27,29-30,39,41,47H,13-16H2,1-3H3,(H2,38,46)/t19-,24-,27?,29?,30?,36-/m0/s1. The third-order valence-corrected chi connectivity index (χ3v) is 10.0. The van der Waals surface area contributed by atoms with E-state index in [2.05, 4.69) is 5.32 Å². The third kappa shape index (κ3) is 5.20. The number of primary amides is 1. The molecule has 48 heavy (non-hydrogen) atoms. The summed E-state index contributed by atoms with van der Waals surface area (Å²) in [7, 11) is 4.58. The van der Waals surface area contributed by atoms with Crippen molar-refractivity contribution in [3.05, 3.63) is 82.7 Å². The number of benzene rings is 3. The van der Waals surface area contributed by atoms with Gasteiger partial charge < -0.3 is 26.0 Å². The lowest BCUT2D eigenvalue weighted by atomic mass is 9.52. The van der Waals surface area contributed by atoms with Gasteiger partial charge in [0.1, 0.15) is 17.3 Å². The second-order valence-electron chi connectivity index (χ2n) is 13.0. The zero-order valence-electron chi connectivity index (χ0n) is 26.7. The minimum absolute atomic E-state index is 0.0554. The summed E-state index contributed by atoms with van der Waals surface area (Å²) in [5.74, 6) is -10.9. The number of fused-ring (bicyclic) bond motifs is 3. The maximum Gasteiger partial charge on any atom is 0.235 e. The normalized spacial score (nSPS) is 26.6. The van der Waals surface area contributed by atoms with E-state index in [1.807, 2.05) is 18.2 Å². The lowest BCUT2D eigenvalue weighted by molar-refractivity contribution is -0.181. The number of ether oxygens (including phenoxy) is 1. The van der Waals surface area contributed by atoms with Crippen LogP contribution < -0.4 is 15.8 Å². The molecule has 6 rings (SSSR count). The number of ketones is 4. The first-order valence-electron chi connectivity index (χ1n) is 15.6. The van der Waals surface area contributed by atoms with Gasteiger partial charge >= 0.3 is 0 Å². The number of phenols is 1. The molecule has 1 amide bonds. The van der Waals surface area contributed by atoms with Gasteiger partial charge in [0.15, 0.2) is 34.7 Å². The van der Waals surface area contributed by atoms with Crippen molar-refractivity contribution in [2.75, 3.05) is 21.2 Å². The van der Waals surface area contributed by atoms with Gasteiger partial charge in [0.05, 0.1) is 24.6 Å². The molecule has 0 bridgehead atoms. The summed E-state index contributed by atoms with van der Waals surface area (Å²) in [4.78, 5) is 68.8. The molecule has 11 nitrogen and oxygen atoms in total. The van der Waals surface area contributed by atoms with Crippen LogP contribution in [0.1, 0.15) is 33.5 Å². The van der Waals surface area contributed by atoms with Crippen LogP contribution in [0.3, 0.4) is 0 Å². The summed E-state index contributed by atoms with van der Waals surface area (Å²) in [6.07, 6.45) is 0.0565. The molecule has 250 valence electrons. The van der Waals surface area contributed by atoms with Gasteiger partial charge in [0.25, 0.3) is 0 Å². The first-order chi connectivity index (χ1) is 22.8. The number of rotatable bonds is 8. The van der Waals surface area contributed by atoms with Crippen molar-refractivity contribution in [1.29, 1.82) is 0 Å². The van der Waals surface area contributed by atoms with E-state index < -0.39 is 64.4 Å². The maximum absolute atomic E-state index is 14.2. The molecule has 0 saturated heterocycles. The number of methoxy groups -OCH3 is 1. The van der Waals surface area contributed by atoms with Crippen LogP contribution in [0.25, 0.3) is 11.1 Å². The van der Waals surface area contributed by atoms with Crippen molar-refractivity contribution in [2.24, 2.45) is 29.4 Å². The predicted molar refractivity (Wildman–Crippen MR) is 170 cm³/mol. The largest absolute Gasteiger partial charge is 0.507 e. The highest BCUT2D eigenvalue weighted by atomic mass is 19.1. The SMILES string of the molecule is COc1ccc(CNCc2cccc(F)c2)cc1-c1ccc(O)c2c1C[C@H]1C[C@H]3C(N(C)C)C(=O)C(C(N)=O)C(=O)[C@@]3(O)C(=O)C1C2=O. The van der Waals surface area contributed by atoms with E-state index in [0.717, 1.165) is 11.1 Å². The van der Waals surface area contributed by atoms with Gasteiger partial charge in [0.2, 0.25) is 5.91 Å². The van der Waals surface area contributed by atoms with Crippen LogP contribution in [0.15, 0.2) is 54.6 Å². The number of aromatic hydroxyl groups is 1. The van der Waals surface area contributed by atoms with Gasteiger partial charge in [-0.3, -0.25) is 28.9 Å². The lowest BCUT2D eigenvalue weighted by Gasteiger charge is -2.52. The first kappa shape index (κ1) is 33.1. The number of aliphatic hydroxyl groups is 1. The fourth-order valence-electron chi connectivity index (χ4n) is 7.93. The smallest absolute Gasteiger partial charge is 0.235 e. The van der Waals surface area contributed by atoms with Crippen LogP contribution in [0, 0.1) is 29.5 Å². The van der Waals surface area contributed by atoms with Gasteiger partial charge in [-0.25, -0.2) is 4.39 Å². The van der Waals surface area contributed by atoms with Crippen molar-refractivity contribution in [3.8, 4) is 22.6 Å². The van der Waals surface area contributed by atoms with Crippen LogP contribution in [0.4, 0.5) is 4.39 Å². The maximum atomic E-state index is 14.2. The Hall–Kier alpha value is -4.78. The Morgan fingerprint density at radius 2 is 1.73 bits per heavy atom. The van der Waals surface area contributed by atoms with Crippen LogP contribution in [-0.2, 0) is 38.7 Å². The molecule has 3 aliphatic carbocycles.